The zero-order valence-electron chi connectivity index (χ0n) is 21.6. The van der Waals surface area contributed by atoms with Crippen LogP contribution in [0.5, 0.6) is 0 Å². The molecule has 1 aliphatic heterocycles. The van der Waals surface area contributed by atoms with Crippen molar-refractivity contribution in [3.63, 3.8) is 0 Å². The molecular weight excluding hydrogens is 508 g/mol. The number of carboxylic acid groups (broad SMARTS) is 3. The minimum absolute atomic E-state index is 0.210. The van der Waals surface area contributed by atoms with Crippen LogP contribution < -0.4 is 0 Å². The van der Waals surface area contributed by atoms with Gasteiger partial charge in [-0.2, -0.15) is 0 Å². The van der Waals surface area contributed by atoms with Crippen molar-refractivity contribution in [2.45, 2.75) is 12.1 Å². The molecule has 0 spiro atoms. The Bertz CT molecular complexity index is 1150. The maximum Gasteiger partial charge on any atom is 0.317 e. The van der Waals surface area contributed by atoms with Crippen LogP contribution >= 0.6 is 0 Å². The third-order valence-corrected chi connectivity index (χ3v) is 7.18. The molecule has 0 bridgehead atoms. The summed E-state index contributed by atoms with van der Waals surface area (Å²) >= 11 is 0. The summed E-state index contributed by atoms with van der Waals surface area (Å²) in [4.78, 5) is 50.9. The Labute approximate surface area is 225 Å². The van der Waals surface area contributed by atoms with Crippen LogP contribution in [0.25, 0.3) is 11.4 Å². The fraction of sp³-hybridized carbons (Fsp3) is 0.500. The average Bonchev–Trinajstić information content (AvgIpc) is 2.89. The molecule has 0 saturated carbocycles. The number of carbonyl (C=O) groups is 3. The van der Waals surface area contributed by atoms with E-state index in [1.54, 1.807) is 39.2 Å². The van der Waals surface area contributed by atoms with Crippen LogP contribution in [-0.2, 0) is 14.4 Å². The number of aliphatic hydroxyl groups is 1. The molecule has 1 aliphatic carbocycles. The predicted molar refractivity (Wildman–Crippen MR) is 139 cm³/mol. The SMILES string of the molecule is O=C(O)CN1CCN(CC(=O)O)CCN([C@@H]2c3cccnc3-c3ncccc3[C@H]2O)CCN(CC(=O)O)CC1. The maximum atomic E-state index is 11.6. The summed E-state index contributed by atoms with van der Waals surface area (Å²) in [6.07, 6.45) is 2.40. The van der Waals surface area contributed by atoms with E-state index in [0.29, 0.717) is 69.3 Å². The standard InChI is InChI=1S/C26H34N6O7/c33-20(34)15-29-7-9-30(16-21(35)36)11-13-32(14-12-31(10-8-29)17-22(37)38)25-18-3-1-5-27-23(18)24-19(26(25)39)4-2-6-28-24/h1-6,25-26,39H,7-17H2,(H,33,34)(H,35,36)(H,37,38)/t25-,26-/m1/s1. The zero-order valence-corrected chi connectivity index (χ0v) is 21.6. The van der Waals surface area contributed by atoms with Crippen molar-refractivity contribution < 1.29 is 34.8 Å². The fourth-order valence-corrected chi connectivity index (χ4v) is 5.32. The maximum absolute atomic E-state index is 11.6. The van der Waals surface area contributed by atoms with Gasteiger partial charge < -0.3 is 20.4 Å². The molecule has 2 aromatic rings. The van der Waals surface area contributed by atoms with E-state index in [1.807, 2.05) is 12.1 Å². The summed E-state index contributed by atoms with van der Waals surface area (Å²) in [5.41, 5.74) is 2.73. The van der Waals surface area contributed by atoms with E-state index >= 15 is 0 Å². The molecule has 1 saturated heterocycles. The molecule has 1 fully saturated rings. The summed E-state index contributed by atoms with van der Waals surface area (Å²) in [5, 5.41) is 39.9. The first-order valence-electron chi connectivity index (χ1n) is 12.9. The fourth-order valence-electron chi connectivity index (χ4n) is 5.32. The van der Waals surface area contributed by atoms with Crippen LogP contribution in [0.4, 0.5) is 0 Å². The lowest BCUT2D eigenvalue weighted by atomic mass is 9.85. The van der Waals surface area contributed by atoms with Crippen molar-refractivity contribution in [3.8, 4) is 11.4 Å². The van der Waals surface area contributed by atoms with Gasteiger partial charge in [-0.25, -0.2) is 0 Å². The lowest BCUT2D eigenvalue weighted by Crippen LogP contribution is -2.49. The number of hydrogen-bond donors (Lipinski definition) is 4. The molecule has 2 aromatic heterocycles. The normalized spacial score (nSPS) is 22.2. The number of carboxylic acids is 3. The lowest BCUT2D eigenvalue weighted by molar-refractivity contribution is -0.140. The molecule has 2 atom stereocenters. The molecule has 4 rings (SSSR count). The van der Waals surface area contributed by atoms with Crippen LogP contribution in [0, 0.1) is 0 Å². The van der Waals surface area contributed by atoms with Crippen molar-refractivity contribution in [2.75, 3.05) is 72.0 Å². The molecule has 0 amide bonds. The number of nitrogens with zero attached hydrogens (tertiary/aromatic N) is 6. The van der Waals surface area contributed by atoms with Crippen molar-refractivity contribution in [1.82, 2.24) is 29.6 Å². The largest absolute Gasteiger partial charge is 0.480 e. The molecule has 0 unspecified atom stereocenters. The van der Waals surface area contributed by atoms with Crippen molar-refractivity contribution in [3.05, 3.63) is 47.8 Å². The highest BCUT2D eigenvalue weighted by atomic mass is 16.4. The van der Waals surface area contributed by atoms with Gasteiger partial charge in [0.15, 0.2) is 0 Å². The quantitative estimate of drug-likeness (QED) is 0.360. The van der Waals surface area contributed by atoms with E-state index in [4.69, 9.17) is 0 Å². The topological polar surface area (TPSA) is 171 Å². The van der Waals surface area contributed by atoms with Crippen LogP contribution in [0.3, 0.4) is 0 Å². The third kappa shape index (κ3) is 7.34. The first kappa shape index (κ1) is 28.5. The molecule has 13 heteroatoms. The van der Waals surface area contributed by atoms with Crippen molar-refractivity contribution in [1.29, 1.82) is 0 Å². The van der Waals surface area contributed by atoms with Crippen molar-refractivity contribution in [2.24, 2.45) is 0 Å². The molecule has 13 nitrogen and oxygen atoms in total. The second-order valence-electron chi connectivity index (χ2n) is 9.82. The molecule has 2 aliphatic rings. The first-order valence-corrected chi connectivity index (χ1v) is 12.9. The minimum Gasteiger partial charge on any atom is -0.480 e. The van der Waals surface area contributed by atoms with Gasteiger partial charge in [-0.3, -0.25) is 44.0 Å². The van der Waals surface area contributed by atoms with E-state index in [0.717, 1.165) is 5.56 Å². The highest BCUT2D eigenvalue weighted by Gasteiger charge is 2.38. The van der Waals surface area contributed by atoms with Gasteiger partial charge in [0.05, 0.1) is 37.1 Å². The van der Waals surface area contributed by atoms with Gasteiger partial charge in [-0.05, 0) is 12.1 Å². The Hall–Kier alpha value is -3.49. The number of hydrogen-bond acceptors (Lipinski definition) is 10. The summed E-state index contributed by atoms with van der Waals surface area (Å²) in [5.74, 6) is -2.98. The Morgan fingerprint density at radius 3 is 1.49 bits per heavy atom. The Kier molecular flexibility index (Phi) is 9.54. The lowest BCUT2D eigenvalue weighted by Gasteiger charge is -2.41. The number of fused-ring (bicyclic) bond motifs is 3. The molecular formula is C26H34N6O7. The van der Waals surface area contributed by atoms with Crippen LogP contribution in [0.15, 0.2) is 36.7 Å². The minimum atomic E-state index is -1.00. The predicted octanol–water partition coefficient (Wildman–Crippen LogP) is -0.293. The van der Waals surface area contributed by atoms with E-state index < -0.39 is 30.1 Å². The molecule has 4 N–H and O–H groups in total. The zero-order chi connectivity index (χ0) is 27.9. The van der Waals surface area contributed by atoms with E-state index in [9.17, 15) is 34.8 Å². The second kappa shape index (κ2) is 13.0. The van der Waals surface area contributed by atoms with Crippen LogP contribution in [-0.4, -0.2) is 140 Å². The van der Waals surface area contributed by atoms with Gasteiger partial charge in [0.25, 0.3) is 0 Å². The molecule has 0 aromatic carbocycles. The van der Waals surface area contributed by atoms with Gasteiger partial charge in [0.1, 0.15) is 6.10 Å². The monoisotopic (exact) mass is 542 g/mol. The number of aliphatic hydroxyl groups excluding tert-OH is 1. The molecule has 3 heterocycles. The van der Waals surface area contributed by atoms with Gasteiger partial charge in [-0.1, -0.05) is 12.1 Å². The smallest absolute Gasteiger partial charge is 0.317 e. The van der Waals surface area contributed by atoms with Crippen LogP contribution in [0.1, 0.15) is 23.3 Å². The number of pyridine rings is 2. The molecule has 210 valence electrons. The highest BCUT2D eigenvalue weighted by Crippen LogP contribution is 2.45. The summed E-state index contributed by atoms with van der Waals surface area (Å²) < 4.78 is 0. The van der Waals surface area contributed by atoms with Gasteiger partial charge in [-0.15, -0.1) is 0 Å². The number of aliphatic carboxylic acids is 3. The highest BCUT2D eigenvalue weighted by molar-refractivity contribution is 5.70. The Morgan fingerprint density at radius 1 is 0.667 bits per heavy atom. The van der Waals surface area contributed by atoms with Crippen LogP contribution in [0.2, 0.25) is 0 Å². The van der Waals surface area contributed by atoms with E-state index in [2.05, 4.69) is 14.9 Å². The average molecular weight is 543 g/mol. The van der Waals surface area contributed by atoms with Gasteiger partial charge in [0.2, 0.25) is 0 Å². The number of rotatable bonds is 7. The summed E-state index contributed by atoms with van der Waals surface area (Å²) in [6.45, 7) is 2.12. The molecule has 39 heavy (non-hydrogen) atoms. The van der Waals surface area contributed by atoms with E-state index in [-0.39, 0.29) is 19.6 Å². The van der Waals surface area contributed by atoms with Gasteiger partial charge in [0, 0.05) is 75.9 Å². The first-order chi connectivity index (χ1) is 18.7. The Balaban J connectivity index is 1.65. The summed E-state index contributed by atoms with van der Waals surface area (Å²) in [7, 11) is 0. The second-order valence-corrected chi connectivity index (χ2v) is 9.82. The summed E-state index contributed by atoms with van der Waals surface area (Å²) in [6, 6.07) is 6.77. The third-order valence-electron chi connectivity index (χ3n) is 7.18. The number of aromatic nitrogens is 2. The van der Waals surface area contributed by atoms with Gasteiger partial charge >= 0.3 is 17.9 Å². The van der Waals surface area contributed by atoms with Crippen molar-refractivity contribution >= 4 is 17.9 Å². The Morgan fingerprint density at radius 2 is 1.05 bits per heavy atom. The molecule has 0 radical (unpaired) electrons. The van der Waals surface area contributed by atoms with E-state index in [1.165, 1.54) is 0 Å².